The van der Waals surface area contributed by atoms with Gasteiger partial charge in [0.05, 0.1) is 0 Å². The fourth-order valence-corrected chi connectivity index (χ4v) is 2.42. The number of ether oxygens (including phenoxy) is 1. The number of amides is 4. The highest BCUT2D eigenvalue weighted by Crippen LogP contribution is 2.17. The molecule has 0 aromatic heterocycles. The molecular weight excluding hydrogens is 380 g/mol. The summed E-state index contributed by atoms with van der Waals surface area (Å²) in [4.78, 5) is 46.5. The molecule has 1 rings (SSSR count). The number of carbonyl (C=O) groups is 4. The van der Waals surface area contributed by atoms with E-state index in [1.54, 1.807) is 38.1 Å². The third kappa shape index (κ3) is 8.18. The molecule has 1 aromatic rings. The summed E-state index contributed by atoms with van der Waals surface area (Å²) in [6, 6.07) is 4.64. The Morgan fingerprint density at radius 3 is 2.10 bits per heavy atom. The Labute approximate surface area is 169 Å². The van der Waals surface area contributed by atoms with Crippen molar-refractivity contribution in [2.75, 3.05) is 11.9 Å². The number of hydrogen-bond donors (Lipinski definition) is 5. The summed E-state index contributed by atoms with van der Waals surface area (Å²) in [7, 11) is 0. The van der Waals surface area contributed by atoms with Gasteiger partial charge < -0.3 is 31.5 Å². The molecule has 3 unspecified atom stereocenters. The molecule has 0 fully saturated rings. The van der Waals surface area contributed by atoms with E-state index in [0.29, 0.717) is 11.3 Å². The predicted octanol–water partition coefficient (Wildman–Crippen LogP) is 0.419. The van der Waals surface area contributed by atoms with Gasteiger partial charge in [0, 0.05) is 12.6 Å². The Kier molecular flexibility index (Phi) is 9.07. The number of aliphatic hydroxyl groups is 1. The van der Waals surface area contributed by atoms with Crippen LogP contribution in [0.3, 0.4) is 0 Å². The molecule has 10 heteroatoms. The van der Waals surface area contributed by atoms with Gasteiger partial charge in [-0.05, 0) is 30.5 Å². The van der Waals surface area contributed by atoms with Crippen LogP contribution in [0.1, 0.15) is 39.4 Å². The third-order valence-electron chi connectivity index (χ3n) is 4.01. The van der Waals surface area contributed by atoms with Crippen LogP contribution < -0.4 is 21.7 Å². The number of hydrogen-bond acceptors (Lipinski definition) is 6. The molecule has 0 heterocycles. The van der Waals surface area contributed by atoms with Gasteiger partial charge in [-0.15, -0.1) is 0 Å². The van der Waals surface area contributed by atoms with Crippen molar-refractivity contribution in [3.05, 3.63) is 29.8 Å². The zero-order chi connectivity index (χ0) is 22.1. The minimum absolute atomic E-state index is 0.147. The van der Waals surface area contributed by atoms with Gasteiger partial charge >= 0.3 is 6.09 Å². The van der Waals surface area contributed by atoms with E-state index < -0.39 is 36.1 Å². The van der Waals surface area contributed by atoms with Gasteiger partial charge in [0.15, 0.2) is 0 Å². The molecule has 6 N–H and O–H groups in total. The van der Waals surface area contributed by atoms with Crippen molar-refractivity contribution < 1.29 is 29.0 Å². The van der Waals surface area contributed by atoms with Crippen LogP contribution in [0.4, 0.5) is 10.5 Å². The number of rotatable bonds is 9. The first-order valence-electron chi connectivity index (χ1n) is 9.09. The lowest BCUT2D eigenvalue weighted by Gasteiger charge is -2.23. The molecule has 0 aliphatic heterocycles. The molecule has 3 atom stereocenters. The Bertz CT molecular complexity index is 735. The average molecular weight is 408 g/mol. The summed E-state index contributed by atoms with van der Waals surface area (Å²) in [6.07, 6.45) is -2.03. The SMILES string of the molecule is CC(=O)NC(C(=O)NC(C)C(=O)Nc1ccc(C(O)COC(N)=O)cc1)C(C)C. The Hall–Kier alpha value is -3.14. The van der Waals surface area contributed by atoms with E-state index in [4.69, 9.17) is 5.73 Å². The van der Waals surface area contributed by atoms with Crippen molar-refractivity contribution in [2.45, 2.75) is 45.9 Å². The summed E-state index contributed by atoms with van der Waals surface area (Å²) in [5, 5.41) is 17.7. The van der Waals surface area contributed by atoms with Gasteiger partial charge in [-0.1, -0.05) is 26.0 Å². The predicted molar refractivity (Wildman–Crippen MR) is 106 cm³/mol. The van der Waals surface area contributed by atoms with Gasteiger partial charge in [-0.2, -0.15) is 0 Å². The smallest absolute Gasteiger partial charge is 0.404 e. The van der Waals surface area contributed by atoms with Crippen LogP contribution in [0.2, 0.25) is 0 Å². The molecule has 0 radical (unpaired) electrons. The topological polar surface area (TPSA) is 160 Å². The lowest BCUT2D eigenvalue weighted by atomic mass is 10.0. The van der Waals surface area contributed by atoms with Crippen LogP contribution in [0.5, 0.6) is 0 Å². The van der Waals surface area contributed by atoms with Crippen molar-refractivity contribution in [1.82, 2.24) is 10.6 Å². The number of primary amides is 1. The van der Waals surface area contributed by atoms with Crippen molar-refractivity contribution >= 4 is 29.5 Å². The molecular formula is C19H28N4O6. The minimum Gasteiger partial charge on any atom is -0.447 e. The standard InChI is InChI=1S/C19H28N4O6/c1-10(2)16(22-12(4)24)18(27)21-11(3)17(26)23-14-7-5-13(6-8-14)15(25)9-29-19(20)28/h5-8,10-11,15-16,25H,9H2,1-4H3,(H2,20,28)(H,21,27)(H,22,24)(H,23,26). The average Bonchev–Trinajstić information content (AvgIpc) is 2.64. The normalized spacial score (nSPS) is 13.7. The second kappa shape index (κ2) is 11.0. The van der Waals surface area contributed by atoms with Gasteiger partial charge in [0.2, 0.25) is 17.7 Å². The largest absolute Gasteiger partial charge is 0.447 e. The molecule has 0 saturated carbocycles. The highest BCUT2D eigenvalue weighted by Gasteiger charge is 2.26. The molecule has 10 nitrogen and oxygen atoms in total. The molecule has 0 aliphatic rings. The van der Waals surface area contributed by atoms with Crippen molar-refractivity contribution in [3.63, 3.8) is 0 Å². The van der Waals surface area contributed by atoms with Crippen LogP contribution in [-0.2, 0) is 19.1 Å². The first kappa shape index (κ1) is 23.9. The van der Waals surface area contributed by atoms with Crippen molar-refractivity contribution in [2.24, 2.45) is 11.7 Å². The highest BCUT2D eigenvalue weighted by molar-refractivity contribution is 5.98. The van der Waals surface area contributed by atoms with E-state index in [1.807, 2.05) is 0 Å². The van der Waals surface area contributed by atoms with Crippen LogP contribution in [0.25, 0.3) is 0 Å². The zero-order valence-electron chi connectivity index (χ0n) is 16.9. The Balaban J connectivity index is 2.64. The van der Waals surface area contributed by atoms with Crippen LogP contribution in [-0.4, -0.2) is 47.6 Å². The maximum Gasteiger partial charge on any atom is 0.404 e. The fourth-order valence-electron chi connectivity index (χ4n) is 2.42. The van der Waals surface area contributed by atoms with Crippen molar-refractivity contribution in [1.29, 1.82) is 0 Å². The molecule has 0 bridgehead atoms. The number of nitrogens with two attached hydrogens (primary N) is 1. The molecule has 0 aliphatic carbocycles. The second-order valence-corrected chi connectivity index (χ2v) is 6.91. The van der Waals surface area contributed by atoms with Gasteiger partial charge in [0.25, 0.3) is 0 Å². The molecule has 160 valence electrons. The fraction of sp³-hybridized carbons (Fsp3) is 0.474. The number of anilines is 1. The summed E-state index contributed by atoms with van der Waals surface area (Å²) < 4.78 is 4.53. The number of carbonyl (C=O) groups excluding carboxylic acids is 4. The van der Waals surface area contributed by atoms with Crippen LogP contribution in [0, 0.1) is 5.92 Å². The quantitative estimate of drug-likeness (QED) is 0.398. The van der Waals surface area contributed by atoms with E-state index in [2.05, 4.69) is 20.7 Å². The van der Waals surface area contributed by atoms with Gasteiger partial charge in [-0.25, -0.2) is 4.79 Å². The molecule has 4 amide bonds. The van der Waals surface area contributed by atoms with Gasteiger partial charge in [0.1, 0.15) is 24.8 Å². The number of nitrogens with one attached hydrogen (secondary N) is 3. The first-order chi connectivity index (χ1) is 13.5. The molecule has 1 aromatic carbocycles. The monoisotopic (exact) mass is 408 g/mol. The maximum atomic E-state index is 12.3. The maximum absolute atomic E-state index is 12.3. The number of benzene rings is 1. The van der Waals surface area contributed by atoms with E-state index in [-0.39, 0.29) is 18.4 Å². The minimum atomic E-state index is -1.05. The Morgan fingerprint density at radius 1 is 1.03 bits per heavy atom. The highest BCUT2D eigenvalue weighted by atomic mass is 16.6. The summed E-state index contributed by atoms with van der Waals surface area (Å²) in [6.45, 7) is 6.14. The number of aliphatic hydroxyl groups excluding tert-OH is 1. The van der Waals surface area contributed by atoms with E-state index >= 15 is 0 Å². The molecule has 29 heavy (non-hydrogen) atoms. The lowest BCUT2D eigenvalue weighted by molar-refractivity contribution is -0.131. The lowest BCUT2D eigenvalue weighted by Crippen LogP contribution is -2.53. The van der Waals surface area contributed by atoms with Gasteiger partial charge in [-0.3, -0.25) is 14.4 Å². The van der Waals surface area contributed by atoms with E-state index in [9.17, 15) is 24.3 Å². The molecule has 0 spiro atoms. The summed E-state index contributed by atoms with van der Waals surface area (Å²) >= 11 is 0. The van der Waals surface area contributed by atoms with Crippen LogP contribution >= 0.6 is 0 Å². The molecule has 0 saturated heterocycles. The van der Waals surface area contributed by atoms with E-state index in [1.165, 1.54) is 13.8 Å². The second-order valence-electron chi connectivity index (χ2n) is 6.91. The Morgan fingerprint density at radius 2 is 1.62 bits per heavy atom. The summed E-state index contributed by atoms with van der Waals surface area (Å²) in [5.74, 6) is -1.38. The first-order valence-corrected chi connectivity index (χ1v) is 9.09. The van der Waals surface area contributed by atoms with Crippen LogP contribution in [0.15, 0.2) is 24.3 Å². The van der Waals surface area contributed by atoms with E-state index in [0.717, 1.165) is 0 Å². The third-order valence-corrected chi connectivity index (χ3v) is 4.01. The summed E-state index contributed by atoms with van der Waals surface area (Å²) in [5.41, 5.74) is 5.77. The van der Waals surface area contributed by atoms with Crippen molar-refractivity contribution in [3.8, 4) is 0 Å². The zero-order valence-corrected chi connectivity index (χ0v) is 16.9.